The number of rotatable bonds is 5. The molecule has 1 aromatic rings. The summed E-state index contributed by atoms with van der Waals surface area (Å²) in [7, 11) is 0. The average molecular weight is 249 g/mol. The van der Waals surface area contributed by atoms with Crippen molar-refractivity contribution in [1.29, 1.82) is 5.26 Å². The van der Waals surface area contributed by atoms with E-state index >= 15 is 0 Å². The maximum Gasteiger partial charge on any atom is 0.328 e. The Balaban J connectivity index is 2.78. The van der Waals surface area contributed by atoms with Gasteiger partial charge in [0.25, 0.3) is 5.56 Å². The van der Waals surface area contributed by atoms with Crippen LogP contribution in [0.2, 0.25) is 0 Å². The summed E-state index contributed by atoms with van der Waals surface area (Å²) in [5, 5.41) is 8.90. The van der Waals surface area contributed by atoms with Gasteiger partial charge in [0.2, 0.25) is 0 Å². The monoisotopic (exact) mass is 249 g/mol. The lowest BCUT2D eigenvalue weighted by Gasteiger charge is -2.15. The molecule has 1 rings (SSSR count). The highest BCUT2D eigenvalue weighted by Crippen LogP contribution is 2.20. The first-order valence-electron chi connectivity index (χ1n) is 6.13. The average Bonchev–Trinajstić information content (AvgIpc) is 2.32. The van der Waals surface area contributed by atoms with Crippen molar-refractivity contribution in [2.75, 3.05) is 0 Å². The molecule has 0 aliphatic rings. The lowest BCUT2D eigenvalue weighted by Crippen LogP contribution is -2.31. The molecule has 0 aliphatic carbocycles. The van der Waals surface area contributed by atoms with Crippen LogP contribution < -0.4 is 11.2 Å². The minimum atomic E-state index is -0.382. The van der Waals surface area contributed by atoms with Crippen LogP contribution in [0.1, 0.15) is 39.2 Å². The molecule has 0 aromatic carbocycles. The number of aromatic amines is 1. The summed E-state index contributed by atoms with van der Waals surface area (Å²) in [4.78, 5) is 25.3. The molecule has 0 aliphatic heterocycles. The Bertz CT molecular complexity index is 561. The number of nitrogens with zero attached hydrogens (tertiary/aromatic N) is 2. The van der Waals surface area contributed by atoms with Gasteiger partial charge >= 0.3 is 5.69 Å². The highest BCUT2D eigenvalue weighted by Gasteiger charge is 2.15. The number of H-pyrrole nitrogens is 1. The second-order valence-corrected chi connectivity index (χ2v) is 5.06. The molecular weight excluding hydrogens is 230 g/mol. The topological polar surface area (TPSA) is 78.7 Å². The van der Waals surface area contributed by atoms with Crippen molar-refractivity contribution < 1.29 is 0 Å². The maximum atomic E-state index is 11.6. The molecule has 98 valence electrons. The molecule has 18 heavy (non-hydrogen) atoms. The molecule has 5 nitrogen and oxygen atoms in total. The summed E-state index contributed by atoms with van der Waals surface area (Å²) in [6, 6.07) is 2.23. The second kappa shape index (κ2) is 5.67. The van der Waals surface area contributed by atoms with E-state index in [-0.39, 0.29) is 16.7 Å². The Morgan fingerprint density at radius 2 is 2.11 bits per heavy atom. The number of aryl methyl sites for hydroxylation is 2. The quantitative estimate of drug-likeness (QED) is 0.857. The molecule has 1 N–H and O–H groups in total. The van der Waals surface area contributed by atoms with Crippen LogP contribution >= 0.6 is 0 Å². The van der Waals surface area contributed by atoms with Crippen LogP contribution in [0.3, 0.4) is 0 Å². The van der Waals surface area contributed by atoms with Crippen molar-refractivity contribution in [3.63, 3.8) is 0 Å². The Hall–Kier alpha value is -1.83. The molecule has 0 radical (unpaired) electrons. The molecule has 1 heterocycles. The van der Waals surface area contributed by atoms with Crippen molar-refractivity contribution in [3.8, 4) is 6.07 Å². The van der Waals surface area contributed by atoms with E-state index in [0.29, 0.717) is 18.5 Å². The van der Waals surface area contributed by atoms with Gasteiger partial charge in [-0.3, -0.25) is 9.78 Å². The van der Waals surface area contributed by atoms with Crippen molar-refractivity contribution in [2.24, 2.45) is 5.41 Å². The van der Waals surface area contributed by atoms with Crippen LogP contribution in [0.5, 0.6) is 0 Å². The van der Waals surface area contributed by atoms with Crippen LogP contribution in [-0.4, -0.2) is 9.55 Å². The van der Waals surface area contributed by atoms with Gasteiger partial charge in [-0.15, -0.1) is 0 Å². The number of nitrogens with one attached hydrogen (secondary N) is 1. The number of nitriles is 1. The van der Waals surface area contributed by atoms with Gasteiger partial charge in [-0.1, -0.05) is 6.92 Å². The molecule has 0 fully saturated rings. The fraction of sp³-hybridized carbons (Fsp3) is 0.615. The fourth-order valence-corrected chi connectivity index (χ4v) is 1.72. The van der Waals surface area contributed by atoms with Gasteiger partial charge in [0.15, 0.2) is 0 Å². The van der Waals surface area contributed by atoms with E-state index in [1.54, 1.807) is 6.20 Å². The van der Waals surface area contributed by atoms with Gasteiger partial charge in [0.1, 0.15) is 0 Å². The van der Waals surface area contributed by atoms with Gasteiger partial charge in [0.05, 0.1) is 11.5 Å². The van der Waals surface area contributed by atoms with E-state index in [1.165, 1.54) is 4.57 Å². The summed E-state index contributed by atoms with van der Waals surface area (Å²) < 4.78 is 1.51. The van der Waals surface area contributed by atoms with Crippen molar-refractivity contribution in [3.05, 3.63) is 32.6 Å². The molecule has 0 bridgehead atoms. The van der Waals surface area contributed by atoms with Crippen molar-refractivity contribution in [2.45, 2.75) is 46.6 Å². The summed E-state index contributed by atoms with van der Waals surface area (Å²) in [6.45, 7) is 6.14. The molecule has 1 aromatic heterocycles. The predicted octanol–water partition coefficient (Wildman–Crippen LogP) is 1.43. The summed E-state index contributed by atoms with van der Waals surface area (Å²) in [6.07, 6.45) is 3.66. The zero-order chi connectivity index (χ0) is 13.8. The second-order valence-electron chi connectivity index (χ2n) is 5.06. The zero-order valence-corrected chi connectivity index (χ0v) is 11.1. The molecule has 0 spiro atoms. The first-order valence-corrected chi connectivity index (χ1v) is 6.13. The molecule has 0 atom stereocenters. The molecule has 0 amide bonds. The van der Waals surface area contributed by atoms with E-state index in [4.69, 9.17) is 5.26 Å². The summed E-state index contributed by atoms with van der Waals surface area (Å²) in [5.74, 6) is 0. The Morgan fingerprint density at radius 1 is 1.44 bits per heavy atom. The SMILES string of the molecule is CCc1cn(CCCC(C)(C)C#N)c(=O)[nH]c1=O. The maximum absolute atomic E-state index is 11.6. The van der Waals surface area contributed by atoms with Crippen molar-refractivity contribution >= 4 is 0 Å². The van der Waals surface area contributed by atoms with E-state index in [1.807, 2.05) is 20.8 Å². The van der Waals surface area contributed by atoms with Crippen LogP contribution in [0.4, 0.5) is 0 Å². The Labute approximate surface area is 106 Å². The predicted molar refractivity (Wildman–Crippen MR) is 69.3 cm³/mol. The first kappa shape index (κ1) is 14.2. The number of hydrogen-bond acceptors (Lipinski definition) is 3. The molecule has 5 heteroatoms. The third kappa shape index (κ3) is 3.59. The largest absolute Gasteiger partial charge is 0.328 e. The number of aromatic nitrogens is 2. The Morgan fingerprint density at radius 3 is 2.67 bits per heavy atom. The highest BCUT2D eigenvalue weighted by molar-refractivity contribution is 5.03. The van der Waals surface area contributed by atoms with Gasteiger partial charge in [-0.2, -0.15) is 5.26 Å². The van der Waals surface area contributed by atoms with E-state index < -0.39 is 0 Å². The zero-order valence-electron chi connectivity index (χ0n) is 11.1. The molecular formula is C13H19N3O2. The third-order valence-corrected chi connectivity index (χ3v) is 2.97. The molecule has 0 unspecified atom stereocenters. The lowest BCUT2D eigenvalue weighted by atomic mass is 9.90. The highest BCUT2D eigenvalue weighted by atomic mass is 16.2. The summed E-state index contributed by atoms with van der Waals surface area (Å²) >= 11 is 0. The van der Waals surface area contributed by atoms with Gasteiger partial charge in [-0.25, -0.2) is 4.79 Å². The van der Waals surface area contributed by atoms with E-state index in [0.717, 1.165) is 12.8 Å². The van der Waals surface area contributed by atoms with Crippen LogP contribution in [-0.2, 0) is 13.0 Å². The standard InChI is InChI=1S/C13H19N3O2/c1-4-10-8-16(12(18)15-11(10)17)7-5-6-13(2,3)9-14/h8H,4-7H2,1-3H3,(H,15,17,18). The minimum Gasteiger partial charge on any atom is -0.300 e. The van der Waals surface area contributed by atoms with Crippen molar-refractivity contribution in [1.82, 2.24) is 9.55 Å². The first-order chi connectivity index (χ1) is 8.39. The fourth-order valence-electron chi connectivity index (χ4n) is 1.72. The van der Waals surface area contributed by atoms with Crippen LogP contribution in [0.15, 0.2) is 15.8 Å². The number of hydrogen-bond donors (Lipinski definition) is 1. The van der Waals surface area contributed by atoms with Gasteiger partial charge < -0.3 is 4.57 Å². The smallest absolute Gasteiger partial charge is 0.300 e. The lowest BCUT2D eigenvalue weighted by molar-refractivity contribution is 0.411. The normalized spacial score (nSPS) is 11.2. The van der Waals surface area contributed by atoms with E-state index in [2.05, 4.69) is 11.1 Å². The molecule has 0 saturated carbocycles. The van der Waals surface area contributed by atoms with Crippen LogP contribution in [0.25, 0.3) is 0 Å². The van der Waals surface area contributed by atoms with Crippen LogP contribution in [0, 0.1) is 16.7 Å². The van der Waals surface area contributed by atoms with Gasteiger partial charge in [0, 0.05) is 18.3 Å². The van der Waals surface area contributed by atoms with Gasteiger partial charge in [-0.05, 0) is 33.1 Å². The third-order valence-electron chi connectivity index (χ3n) is 2.97. The Kier molecular flexibility index (Phi) is 4.49. The minimum absolute atomic E-state index is 0.309. The van der Waals surface area contributed by atoms with E-state index in [9.17, 15) is 9.59 Å². The molecule has 0 saturated heterocycles. The summed E-state index contributed by atoms with van der Waals surface area (Å²) in [5.41, 5.74) is -0.462.